The lowest BCUT2D eigenvalue weighted by Crippen LogP contribution is -2.77. The summed E-state index contributed by atoms with van der Waals surface area (Å²) in [6.45, 7) is 8.50. The summed E-state index contributed by atoms with van der Waals surface area (Å²) in [5, 5.41) is 0. The van der Waals surface area contributed by atoms with E-state index in [4.69, 9.17) is 18.9 Å². The largest absolute Gasteiger partial charge is 0.469 e. The Hall–Kier alpha value is -0.910. The third-order valence-electron chi connectivity index (χ3n) is 5.51. The SMILES string of the molecule is C=C[C@]12[C@@H](C(=O)OC)[C@]3(OC)OCCC(OC1(C)C)[C@@H]32. The van der Waals surface area contributed by atoms with Gasteiger partial charge in [-0.2, -0.15) is 0 Å². The molecule has 2 saturated heterocycles. The molecule has 20 heavy (non-hydrogen) atoms. The van der Waals surface area contributed by atoms with Gasteiger partial charge in [0.2, 0.25) is 0 Å². The number of rotatable bonds is 3. The molecule has 0 bridgehead atoms. The summed E-state index contributed by atoms with van der Waals surface area (Å²) < 4.78 is 22.8. The molecule has 3 aliphatic rings. The monoisotopic (exact) mass is 282 g/mol. The highest BCUT2D eigenvalue weighted by molar-refractivity contribution is 5.78. The minimum atomic E-state index is -0.946. The van der Waals surface area contributed by atoms with Gasteiger partial charge >= 0.3 is 5.97 Å². The van der Waals surface area contributed by atoms with Crippen molar-refractivity contribution in [2.24, 2.45) is 17.3 Å². The normalized spacial score (nSPS) is 48.1. The summed E-state index contributed by atoms with van der Waals surface area (Å²) in [5.74, 6) is -1.85. The molecule has 112 valence electrons. The summed E-state index contributed by atoms with van der Waals surface area (Å²) in [4.78, 5) is 12.4. The molecular weight excluding hydrogens is 260 g/mol. The van der Waals surface area contributed by atoms with E-state index < -0.39 is 22.7 Å². The van der Waals surface area contributed by atoms with Crippen LogP contribution in [-0.4, -0.2) is 44.3 Å². The van der Waals surface area contributed by atoms with Gasteiger partial charge in [-0.05, 0) is 20.3 Å². The van der Waals surface area contributed by atoms with Gasteiger partial charge in [-0.3, -0.25) is 4.79 Å². The molecule has 0 aromatic rings. The van der Waals surface area contributed by atoms with Gasteiger partial charge in [0.1, 0.15) is 5.92 Å². The van der Waals surface area contributed by atoms with Gasteiger partial charge in [-0.15, -0.1) is 6.58 Å². The maximum absolute atomic E-state index is 12.4. The molecule has 5 atom stereocenters. The van der Waals surface area contributed by atoms with E-state index in [1.165, 1.54) is 7.11 Å². The summed E-state index contributed by atoms with van der Waals surface area (Å²) in [6.07, 6.45) is 2.67. The molecule has 3 fully saturated rings. The van der Waals surface area contributed by atoms with Crippen LogP contribution in [0, 0.1) is 17.3 Å². The first-order chi connectivity index (χ1) is 9.41. The van der Waals surface area contributed by atoms with Gasteiger partial charge in [0.15, 0.2) is 5.79 Å². The van der Waals surface area contributed by atoms with E-state index in [0.29, 0.717) is 6.61 Å². The second kappa shape index (κ2) is 4.06. The molecule has 0 amide bonds. The van der Waals surface area contributed by atoms with Crippen molar-refractivity contribution in [1.82, 2.24) is 0 Å². The van der Waals surface area contributed by atoms with Gasteiger partial charge in [0, 0.05) is 12.5 Å². The standard InChI is InChI=1S/C15H22O5/c1-6-14-10-9(20-13(14,2)3)7-8-19-15(10,18-5)11(14)12(16)17-4/h6,9-11H,1,7-8H2,2-5H3/t9?,10-,11-,14+,15-/m1/s1. The van der Waals surface area contributed by atoms with Crippen LogP contribution >= 0.6 is 0 Å². The van der Waals surface area contributed by atoms with Crippen LogP contribution in [0.3, 0.4) is 0 Å². The average molecular weight is 282 g/mol. The van der Waals surface area contributed by atoms with E-state index in [-0.39, 0.29) is 18.0 Å². The number of hydrogen-bond donors (Lipinski definition) is 0. The van der Waals surface area contributed by atoms with Crippen LogP contribution in [0.2, 0.25) is 0 Å². The Kier molecular flexibility index (Phi) is 2.85. The van der Waals surface area contributed by atoms with Crippen LogP contribution in [0.15, 0.2) is 12.7 Å². The molecule has 1 unspecified atom stereocenters. The predicted molar refractivity (Wildman–Crippen MR) is 70.9 cm³/mol. The molecular formula is C15H22O5. The molecule has 0 aromatic heterocycles. The Morgan fingerprint density at radius 1 is 1.40 bits per heavy atom. The van der Waals surface area contributed by atoms with Crippen LogP contribution in [0.4, 0.5) is 0 Å². The Bertz CT molecular complexity index is 459. The molecule has 1 saturated carbocycles. The van der Waals surface area contributed by atoms with E-state index in [1.54, 1.807) is 7.11 Å². The maximum Gasteiger partial charge on any atom is 0.315 e. The van der Waals surface area contributed by atoms with E-state index in [9.17, 15) is 4.79 Å². The molecule has 0 N–H and O–H groups in total. The van der Waals surface area contributed by atoms with E-state index >= 15 is 0 Å². The fourth-order valence-electron chi connectivity index (χ4n) is 4.77. The number of carbonyl (C=O) groups excluding carboxylic acids is 1. The minimum absolute atomic E-state index is 0.0228. The number of methoxy groups -OCH3 is 2. The third kappa shape index (κ3) is 1.23. The first kappa shape index (κ1) is 14.0. The molecule has 5 nitrogen and oxygen atoms in total. The van der Waals surface area contributed by atoms with Gasteiger partial charge in [0.25, 0.3) is 0 Å². The molecule has 0 spiro atoms. The van der Waals surface area contributed by atoms with Crippen molar-refractivity contribution in [2.75, 3.05) is 20.8 Å². The summed E-state index contributed by atoms with van der Waals surface area (Å²) in [6, 6.07) is 0. The highest BCUT2D eigenvalue weighted by atomic mass is 16.7. The number of hydrogen-bond acceptors (Lipinski definition) is 5. The Morgan fingerprint density at radius 3 is 2.65 bits per heavy atom. The zero-order valence-corrected chi connectivity index (χ0v) is 12.5. The highest BCUT2D eigenvalue weighted by Gasteiger charge is 2.85. The maximum atomic E-state index is 12.4. The zero-order valence-electron chi connectivity index (χ0n) is 12.5. The van der Waals surface area contributed by atoms with Crippen LogP contribution in [0.5, 0.6) is 0 Å². The molecule has 3 rings (SSSR count). The summed E-state index contributed by atoms with van der Waals surface area (Å²) >= 11 is 0. The summed E-state index contributed by atoms with van der Waals surface area (Å²) in [7, 11) is 2.97. The second-order valence-electron chi connectivity index (χ2n) is 6.30. The number of ether oxygens (including phenoxy) is 4. The van der Waals surface area contributed by atoms with Crippen molar-refractivity contribution >= 4 is 5.97 Å². The van der Waals surface area contributed by atoms with Gasteiger partial charge in [0.05, 0.1) is 31.3 Å². The second-order valence-corrected chi connectivity index (χ2v) is 6.30. The lowest BCUT2D eigenvalue weighted by Gasteiger charge is -2.65. The summed E-state index contributed by atoms with van der Waals surface area (Å²) in [5.41, 5.74) is -1.01. The van der Waals surface area contributed by atoms with Crippen molar-refractivity contribution in [1.29, 1.82) is 0 Å². The van der Waals surface area contributed by atoms with Crippen molar-refractivity contribution in [3.63, 3.8) is 0 Å². The first-order valence-corrected chi connectivity index (χ1v) is 6.99. The topological polar surface area (TPSA) is 54.0 Å². The van der Waals surface area contributed by atoms with Crippen LogP contribution in [0.1, 0.15) is 20.3 Å². The lowest BCUT2D eigenvalue weighted by atomic mass is 9.43. The molecule has 0 aromatic carbocycles. The fourth-order valence-corrected chi connectivity index (χ4v) is 4.77. The predicted octanol–water partition coefficient (Wildman–Crippen LogP) is 1.52. The Morgan fingerprint density at radius 2 is 2.10 bits per heavy atom. The van der Waals surface area contributed by atoms with E-state index in [1.807, 2.05) is 19.9 Å². The highest BCUT2D eigenvalue weighted by Crippen LogP contribution is 2.73. The molecule has 2 heterocycles. The average Bonchev–Trinajstić information content (AvgIpc) is 2.62. The first-order valence-electron chi connectivity index (χ1n) is 6.99. The quantitative estimate of drug-likeness (QED) is 0.580. The zero-order chi connectivity index (χ0) is 14.8. The Labute approximate surface area is 119 Å². The minimum Gasteiger partial charge on any atom is -0.469 e. The molecule has 5 heteroatoms. The van der Waals surface area contributed by atoms with Crippen LogP contribution < -0.4 is 0 Å². The van der Waals surface area contributed by atoms with Crippen molar-refractivity contribution in [2.45, 2.75) is 37.8 Å². The van der Waals surface area contributed by atoms with E-state index in [0.717, 1.165) is 6.42 Å². The van der Waals surface area contributed by atoms with Gasteiger partial charge < -0.3 is 18.9 Å². The van der Waals surface area contributed by atoms with Gasteiger partial charge in [-0.25, -0.2) is 0 Å². The molecule has 2 aliphatic heterocycles. The van der Waals surface area contributed by atoms with Crippen LogP contribution in [-0.2, 0) is 23.7 Å². The third-order valence-corrected chi connectivity index (χ3v) is 5.51. The Balaban J connectivity index is 2.16. The van der Waals surface area contributed by atoms with Crippen molar-refractivity contribution < 1.29 is 23.7 Å². The number of carbonyl (C=O) groups is 1. The van der Waals surface area contributed by atoms with E-state index in [2.05, 4.69) is 6.58 Å². The molecule has 1 aliphatic carbocycles. The fraction of sp³-hybridized carbons (Fsp3) is 0.800. The lowest BCUT2D eigenvalue weighted by molar-refractivity contribution is -0.385. The van der Waals surface area contributed by atoms with Crippen molar-refractivity contribution in [3.05, 3.63) is 12.7 Å². The molecule has 0 radical (unpaired) electrons. The smallest absolute Gasteiger partial charge is 0.315 e. The van der Waals surface area contributed by atoms with Gasteiger partial charge in [-0.1, -0.05) is 6.08 Å². The van der Waals surface area contributed by atoms with Crippen LogP contribution in [0.25, 0.3) is 0 Å². The van der Waals surface area contributed by atoms with Crippen molar-refractivity contribution in [3.8, 4) is 0 Å². The number of esters is 1.